The summed E-state index contributed by atoms with van der Waals surface area (Å²) in [5, 5.41) is 0. The van der Waals surface area contributed by atoms with Crippen LogP contribution in [0.4, 0.5) is 0 Å². The van der Waals surface area contributed by atoms with Crippen LogP contribution >= 0.6 is 15.9 Å². The number of nitrogens with zero attached hydrogens (tertiary/aromatic N) is 2. The SMILES string of the molecule is CCOc1ccc(Br)cc1S(=O)(=O)N=C(c1ccccc1)N(C)Cc1ccccc1. The van der Waals surface area contributed by atoms with Crippen LogP contribution in [0.5, 0.6) is 5.75 Å². The summed E-state index contributed by atoms with van der Waals surface area (Å²) >= 11 is 3.35. The molecule has 0 unspecified atom stereocenters. The van der Waals surface area contributed by atoms with Gasteiger partial charge in [0.2, 0.25) is 0 Å². The molecule has 0 saturated carbocycles. The quantitative estimate of drug-likeness (QED) is 0.343. The van der Waals surface area contributed by atoms with Gasteiger partial charge in [0.15, 0.2) is 0 Å². The molecule has 7 heteroatoms. The molecule has 0 aromatic heterocycles. The van der Waals surface area contributed by atoms with E-state index in [0.717, 1.165) is 5.56 Å². The smallest absolute Gasteiger partial charge is 0.288 e. The van der Waals surface area contributed by atoms with Crippen molar-refractivity contribution in [2.24, 2.45) is 4.40 Å². The lowest BCUT2D eigenvalue weighted by atomic mass is 10.1. The fourth-order valence-corrected chi connectivity index (χ4v) is 4.72. The third-order valence-electron chi connectivity index (χ3n) is 4.35. The van der Waals surface area contributed by atoms with E-state index in [1.807, 2.05) is 79.5 Å². The molecule has 0 amide bonds. The number of rotatable bonds is 7. The average Bonchev–Trinajstić information content (AvgIpc) is 2.75. The molecule has 0 aliphatic heterocycles. The fraction of sp³-hybridized carbons (Fsp3) is 0.174. The molecule has 0 heterocycles. The number of sulfonamides is 1. The highest BCUT2D eigenvalue weighted by atomic mass is 79.9. The van der Waals surface area contributed by atoms with Crippen molar-refractivity contribution in [3.63, 3.8) is 0 Å². The maximum atomic E-state index is 13.3. The van der Waals surface area contributed by atoms with Crippen molar-refractivity contribution < 1.29 is 13.2 Å². The predicted molar refractivity (Wildman–Crippen MR) is 123 cm³/mol. The summed E-state index contributed by atoms with van der Waals surface area (Å²) in [4.78, 5) is 1.86. The number of amidine groups is 1. The van der Waals surface area contributed by atoms with Gasteiger partial charge in [-0.15, -0.1) is 4.40 Å². The van der Waals surface area contributed by atoms with Crippen LogP contribution in [0, 0.1) is 0 Å². The van der Waals surface area contributed by atoms with Gasteiger partial charge in [0.1, 0.15) is 16.5 Å². The average molecular weight is 487 g/mol. The Balaban J connectivity index is 2.08. The van der Waals surface area contributed by atoms with Crippen LogP contribution in [-0.4, -0.2) is 32.8 Å². The molecular weight excluding hydrogens is 464 g/mol. The van der Waals surface area contributed by atoms with E-state index in [2.05, 4.69) is 20.3 Å². The topological polar surface area (TPSA) is 59.0 Å². The molecule has 0 fully saturated rings. The van der Waals surface area contributed by atoms with Gasteiger partial charge in [-0.3, -0.25) is 0 Å². The van der Waals surface area contributed by atoms with E-state index in [1.54, 1.807) is 12.1 Å². The Bertz CT molecular complexity index is 1120. The van der Waals surface area contributed by atoms with E-state index >= 15 is 0 Å². The molecule has 5 nitrogen and oxygen atoms in total. The minimum absolute atomic E-state index is 0.0280. The molecule has 0 aliphatic rings. The molecular formula is C23H23BrN2O3S. The van der Waals surface area contributed by atoms with Crippen LogP contribution in [-0.2, 0) is 16.6 Å². The maximum Gasteiger partial charge on any atom is 0.288 e. The van der Waals surface area contributed by atoms with E-state index in [0.29, 0.717) is 29.0 Å². The van der Waals surface area contributed by atoms with Crippen LogP contribution in [0.1, 0.15) is 18.1 Å². The van der Waals surface area contributed by atoms with Gasteiger partial charge in [0.05, 0.1) is 6.61 Å². The van der Waals surface area contributed by atoms with Crippen molar-refractivity contribution in [3.05, 3.63) is 94.5 Å². The molecule has 0 bridgehead atoms. The Morgan fingerprint density at radius 3 is 2.27 bits per heavy atom. The molecule has 0 saturated heterocycles. The molecule has 156 valence electrons. The summed E-state index contributed by atoms with van der Waals surface area (Å²) in [5.41, 5.74) is 1.77. The molecule has 0 atom stereocenters. The van der Waals surface area contributed by atoms with Gasteiger partial charge in [-0.05, 0) is 30.7 Å². The van der Waals surface area contributed by atoms with Crippen LogP contribution in [0.3, 0.4) is 0 Å². The number of hydrogen-bond donors (Lipinski definition) is 0. The largest absolute Gasteiger partial charge is 0.492 e. The highest BCUT2D eigenvalue weighted by molar-refractivity contribution is 9.10. The number of ether oxygens (including phenoxy) is 1. The molecule has 3 aromatic carbocycles. The predicted octanol–water partition coefficient (Wildman–Crippen LogP) is 5.12. The van der Waals surface area contributed by atoms with Crippen molar-refractivity contribution >= 4 is 31.8 Å². The first-order valence-corrected chi connectivity index (χ1v) is 11.7. The zero-order chi connectivity index (χ0) is 21.6. The van der Waals surface area contributed by atoms with Gasteiger partial charge in [-0.2, -0.15) is 8.42 Å². The second-order valence-corrected chi connectivity index (χ2v) is 9.11. The van der Waals surface area contributed by atoms with Gasteiger partial charge in [-0.1, -0.05) is 76.6 Å². The fourth-order valence-electron chi connectivity index (χ4n) is 2.98. The van der Waals surface area contributed by atoms with Crippen LogP contribution < -0.4 is 4.74 Å². The van der Waals surface area contributed by atoms with E-state index in [-0.39, 0.29) is 10.6 Å². The summed E-state index contributed by atoms with van der Waals surface area (Å²) in [6, 6.07) is 24.0. The molecule has 30 heavy (non-hydrogen) atoms. The number of hydrogen-bond acceptors (Lipinski definition) is 3. The Labute approximate surface area is 186 Å². The van der Waals surface area contributed by atoms with E-state index in [9.17, 15) is 8.42 Å². The minimum Gasteiger partial charge on any atom is -0.492 e. The first-order chi connectivity index (χ1) is 14.4. The third kappa shape index (κ3) is 5.49. The summed E-state index contributed by atoms with van der Waals surface area (Å²) in [6.45, 7) is 2.68. The lowest BCUT2D eigenvalue weighted by Crippen LogP contribution is -2.28. The van der Waals surface area contributed by atoms with E-state index in [1.165, 1.54) is 6.07 Å². The first kappa shape index (κ1) is 22.1. The van der Waals surface area contributed by atoms with Crippen molar-refractivity contribution in [2.45, 2.75) is 18.4 Å². The normalized spacial score (nSPS) is 11.9. The molecule has 3 rings (SSSR count). The highest BCUT2D eigenvalue weighted by Gasteiger charge is 2.23. The van der Waals surface area contributed by atoms with E-state index < -0.39 is 10.0 Å². The summed E-state index contributed by atoms with van der Waals surface area (Å²) < 4.78 is 37.0. The molecule has 0 radical (unpaired) electrons. The van der Waals surface area contributed by atoms with Crippen molar-refractivity contribution in [1.29, 1.82) is 0 Å². The van der Waals surface area contributed by atoms with Gasteiger partial charge >= 0.3 is 0 Å². The Kier molecular flexibility index (Phi) is 7.29. The lowest BCUT2D eigenvalue weighted by Gasteiger charge is -2.22. The van der Waals surface area contributed by atoms with Gasteiger partial charge < -0.3 is 9.64 Å². The third-order valence-corrected chi connectivity index (χ3v) is 6.13. The van der Waals surface area contributed by atoms with Gasteiger partial charge in [0, 0.05) is 23.6 Å². The van der Waals surface area contributed by atoms with Crippen molar-refractivity contribution in [1.82, 2.24) is 4.90 Å². The lowest BCUT2D eigenvalue weighted by molar-refractivity contribution is 0.331. The summed E-state index contributed by atoms with van der Waals surface area (Å²) in [5.74, 6) is 0.643. The highest BCUT2D eigenvalue weighted by Crippen LogP contribution is 2.29. The van der Waals surface area contributed by atoms with Gasteiger partial charge in [-0.25, -0.2) is 0 Å². The van der Waals surface area contributed by atoms with Crippen LogP contribution in [0.15, 0.2) is 92.6 Å². The number of benzene rings is 3. The minimum atomic E-state index is -4.03. The maximum absolute atomic E-state index is 13.3. The molecule has 0 spiro atoms. The zero-order valence-electron chi connectivity index (χ0n) is 16.8. The Morgan fingerprint density at radius 1 is 1.00 bits per heavy atom. The standard InChI is InChI=1S/C23H23BrN2O3S/c1-3-29-21-15-14-20(24)16-22(21)30(27,28)25-23(19-12-8-5-9-13-19)26(2)17-18-10-6-4-7-11-18/h4-16H,3,17H2,1-2H3. The Hall–Kier alpha value is -2.64. The summed E-state index contributed by atoms with van der Waals surface area (Å²) in [7, 11) is -2.20. The number of halogens is 1. The van der Waals surface area contributed by atoms with Crippen LogP contribution in [0.2, 0.25) is 0 Å². The molecule has 3 aromatic rings. The monoisotopic (exact) mass is 486 g/mol. The molecule has 0 aliphatic carbocycles. The van der Waals surface area contributed by atoms with Crippen LogP contribution in [0.25, 0.3) is 0 Å². The second-order valence-electron chi connectivity index (χ2n) is 6.62. The second kappa shape index (κ2) is 9.91. The first-order valence-electron chi connectivity index (χ1n) is 9.48. The van der Waals surface area contributed by atoms with Crippen molar-refractivity contribution in [2.75, 3.05) is 13.7 Å². The zero-order valence-corrected chi connectivity index (χ0v) is 19.2. The summed E-state index contributed by atoms with van der Waals surface area (Å²) in [6.07, 6.45) is 0. The van der Waals surface area contributed by atoms with Gasteiger partial charge in [0.25, 0.3) is 10.0 Å². The van der Waals surface area contributed by atoms with Crippen molar-refractivity contribution in [3.8, 4) is 5.75 Å². The van der Waals surface area contributed by atoms with E-state index in [4.69, 9.17) is 4.74 Å². The molecule has 0 N–H and O–H groups in total. The Morgan fingerprint density at radius 2 is 1.63 bits per heavy atom.